The first kappa shape index (κ1) is 18.1. The average Bonchev–Trinajstić information content (AvgIpc) is 2.65. The minimum atomic E-state index is -0.535. The van der Waals surface area contributed by atoms with E-state index in [1.807, 2.05) is 0 Å². The summed E-state index contributed by atoms with van der Waals surface area (Å²) in [6, 6.07) is 15.0. The van der Waals surface area contributed by atoms with E-state index in [4.69, 9.17) is 5.73 Å². The Bertz CT molecular complexity index is 830. The third kappa shape index (κ3) is 3.94. The van der Waals surface area contributed by atoms with Crippen LogP contribution in [0.4, 0.5) is 0 Å². The summed E-state index contributed by atoms with van der Waals surface area (Å²) >= 11 is 0. The maximum atomic E-state index is 12.5. The molecular weight excluding hydrogens is 326 g/mol. The largest absolute Gasteiger partial charge is 0.366 e. The summed E-state index contributed by atoms with van der Waals surface area (Å²) in [6.07, 6.45) is 1.02. The van der Waals surface area contributed by atoms with E-state index in [-0.39, 0.29) is 11.4 Å². The number of primary amides is 1. The SMILES string of the molecule is CC(C)(CNC(=O)c1cccc(C(N)=O)c1)N1CCc2ccccc2C1. The second-order valence-corrected chi connectivity index (χ2v) is 7.38. The van der Waals surface area contributed by atoms with Crippen LogP contribution >= 0.6 is 0 Å². The number of carbonyl (C=O) groups excluding carboxylic acids is 2. The van der Waals surface area contributed by atoms with Gasteiger partial charge in [0.1, 0.15) is 0 Å². The van der Waals surface area contributed by atoms with Gasteiger partial charge in [-0.3, -0.25) is 14.5 Å². The molecule has 0 saturated carbocycles. The fourth-order valence-electron chi connectivity index (χ4n) is 3.34. The Morgan fingerprint density at radius 2 is 1.77 bits per heavy atom. The second-order valence-electron chi connectivity index (χ2n) is 7.38. The zero-order valence-corrected chi connectivity index (χ0v) is 15.3. The molecule has 1 aliphatic rings. The topological polar surface area (TPSA) is 75.4 Å². The van der Waals surface area contributed by atoms with Gasteiger partial charge < -0.3 is 11.1 Å². The van der Waals surface area contributed by atoms with E-state index in [0.717, 1.165) is 19.5 Å². The van der Waals surface area contributed by atoms with Crippen molar-refractivity contribution in [3.05, 3.63) is 70.8 Å². The van der Waals surface area contributed by atoms with Crippen molar-refractivity contribution >= 4 is 11.8 Å². The third-order valence-corrected chi connectivity index (χ3v) is 5.08. The number of carbonyl (C=O) groups is 2. The molecule has 3 N–H and O–H groups in total. The third-order valence-electron chi connectivity index (χ3n) is 5.08. The number of hydrogen-bond donors (Lipinski definition) is 2. The van der Waals surface area contributed by atoms with Crippen LogP contribution in [-0.4, -0.2) is 35.3 Å². The number of fused-ring (bicyclic) bond motifs is 1. The smallest absolute Gasteiger partial charge is 0.251 e. The molecule has 3 rings (SSSR count). The van der Waals surface area contributed by atoms with Gasteiger partial charge in [0.2, 0.25) is 5.91 Å². The molecule has 0 aromatic heterocycles. The minimum Gasteiger partial charge on any atom is -0.366 e. The number of benzene rings is 2. The fourth-order valence-corrected chi connectivity index (χ4v) is 3.34. The molecule has 2 aromatic rings. The Labute approximate surface area is 154 Å². The summed E-state index contributed by atoms with van der Waals surface area (Å²) in [5.41, 5.74) is 8.66. The van der Waals surface area contributed by atoms with Gasteiger partial charge in [-0.15, -0.1) is 0 Å². The lowest BCUT2D eigenvalue weighted by Crippen LogP contribution is -2.53. The molecule has 0 bridgehead atoms. The van der Waals surface area contributed by atoms with E-state index in [0.29, 0.717) is 17.7 Å². The van der Waals surface area contributed by atoms with Gasteiger partial charge in [0, 0.05) is 36.3 Å². The van der Waals surface area contributed by atoms with Gasteiger partial charge in [-0.2, -0.15) is 0 Å². The highest BCUT2D eigenvalue weighted by Gasteiger charge is 2.30. The van der Waals surface area contributed by atoms with E-state index >= 15 is 0 Å². The van der Waals surface area contributed by atoms with Crippen LogP contribution in [0.2, 0.25) is 0 Å². The molecule has 0 saturated heterocycles. The molecule has 136 valence electrons. The highest BCUT2D eigenvalue weighted by Crippen LogP contribution is 2.25. The quantitative estimate of drug-likeness (QED) is 0.868. The van der Waals surface area contributed by atoms with Crippen LogP contribution in [0, 0.1) is 0 Å². The van der Waals surface area contributed by atoms with Crippen molar-refractivity contribution in [2.45, 2.75) is 32.4 Å². The van der Waals surface area contributed by atoms with Crippen molar-refractivity contribution < 1.29 is 9.59 Å². The summed E-state index contributed by atoms with van der Waals surface area (Å²) in [5, 5.41) is 2.99. The van der Waals surface area contributed by atoms with E-state index in [2.05, 4.69) is 48.3 Å². The standard InChI is InChI=1S/C21H25N3O2/c1-21(2,24-11-10-15-6-3-4-7-18(15)13-24)14-23-20(26)17-9-5-8-16(12-17)19(22)25/h3-9,12H,10-11,13-14H2,1-2H3,(H2,22,25)(H,23,26). The van der Waals surface area contributed by atoms with Crippen LogP contribution < -0.4 is 11.1 Å². The van der Waals surface area contributed by atoms with Crippen LogP contribution in [-0.2, 0) is 13.0 Å². The van der Waals surface area contributed by atoms with Gasteiger partial charge >= 0.3 is 0 Å². The van der Waals surface area contributed by atoms with Gasteiger partial charge in [0.25, 0.3) is 5.91 Å². The molecule has 2 aromatic carbocycles. The number of hydrogen-bond acceptors (Lipinski definition) is 3. The van der Waals surface area contributed by atoms with Crippen LogP contribution in [0.5, 0.6) is 0 Å². The molecule has 1 aliphatic heterocycles. The highest BCUT2D eigenvalue weighted by atomic mass is 16.2. The Morgan fingerprint density at radius 3 is 2.50 bits per heavy atom. The Hall–Kier alpha value is -2.66. The summed E-state index contributed by atoms with van der Waals surface area (Å²) in [5.74, 6) is -0.731. The molecule has 1 heterocycles. The zero-order chi connectivity index (χ0) is 18.7. The molecular formula is C21H25N3O2. The summed E-state index contributed by atoms with van der Waals surface area (Å²) < 4.78 is 0. The summed E-state index contributed by atoms with van der Waals surface area (Å²) in [7, 11) is 0. The molecule has 0 fully saturated rings. The van der Waals surface area contributed by atoms with Crippen molar-refractivity contribution in [1.29, 1.82) is 0 Å². The van der Waals surface area contributed by atoms with Crippen molar-refractivity contribution in [2.24, 2.45) is 5.73 Å². The minimum absolute atomic E-state index is 0.176. The molecule has 2 amide bonds. The molecule has 5 nitrogen and oxygen atoms in total. The molecule has 26 heavy (non-hydrogen) atoms. The lowest BCUT2D eigenvalue weighted by Gasteiger charge is -2.41. The predicted octanol–water partition coefficient (Wildman–Crippen LogP) is 2.35. The lowest BCUT2D eigenvalue weighted by atomic mass is 9.94. The lowest BCUT2D eigenvalue weighted by molar-refractivity contribution is 0.0826. The van der Waals surface area contributed by atoms with Crippen LogP contribution in [0.3, 0.4) is 0 Å². The Kier molecular flexibility index (Phi) is 5.09. The fraction of sp³-hybridized carbons (Fsp3) is 0.333. The van der Waals surface area contributed by atoms with Crippen molar-refractivity contribution in [3.8, 4) is 0 Å². The predicted molar refractivity (Wildman–Crippen MR) is 102 cm³/mol. The summed E-state index contributed by atoms with van der Waals surface area (Å²) in [4.78, 5) is 26.1. The molecule has 0 aliphatic carbocycles. The van der Waals surface area contributed by atoms with E-state index in [1.165, 1.54) is 17.2 Å². The normalized spacial score (nSPS) is 14.5. The number of amides is 2. The molecule has 5 heteroatoms. The van der Waals surface area contributed by atoms with Gasteiger partial charge in [0.05, 0.1) is 0 Å². The van der Waals surface area contributed by atoms with Crippen molar-refractivity contribution in [2.75, 3.05) is 13.1 Å². The number of nitrogens with zero attached hydrogens (tertiary/aromatic N) is 1. The first-order chi connectivity index (χ1) is 12.4. The second kappa shape index (κ2) is 7.30. The average molecular weight is 351 g/mol. The molecule has 0 spiro atoms. The van der Waals surface area contributed by atoms with Gasteiger partial charge in [-0.1, -0.05) is 30.3 Å². The van der Waals surface area contributed by atoms with Gasteiger partial charge in [-0.05, 0) is 49.6 Å². The van der Waals surface area contributed by atoms with Gasteiger partial charge in [-0.25, -0.2) is 0 Å². The molecule has 0 radical (unpaired) electrons. The summed E-state index contributed by atoms with van der Waals surface area (Å²) in [6.45, 7) is 6.66. The van der Waals surface area contributed by atoms with Crippen molar-refractivity contribution in [1.82, 2.24) is 10.2 Å². The first-order valence-corrected chi connectivity index (χ1v) is 8.87. The Morgan fingerprint density at radius 1 is 1.08 bits per heavy atom. The van der Waals surface area contributed by atoms with E-state index in [1.54, 1.807) is 18.2 Å². The van der Waals surface area contributed by atoms with Crippen LogP contribution in [0.15, 0.2) is 48.5 Å². The number of nitrogens with two attached hydrogens (primary N) is 1. The maximum absolute atomic E-state index is 12.5. The van der Waals surface area contributed by atoms with Crippen LogP contribution in [0.1, 0.15) is 45.7 Å². The van der Waals surface area contributed by atoms with Gasteiger partial charge in [0.15, 0.2) is 0 Å². The van der Waals surface area contributed by atoms with Crippen molar-refractivity contribution in [3.63, 3.8) is 0 Å². The highest BCUT2D eigenvalue weighted by molar-refractivity contribution is 5.99. The molecule has 0 atom stereocenters. The monoisotopic (exact) mass is 351 g/mol. The first-order valence-electron chi connectivity index (χ1n) is 8.87. The maximum Gasteiger partial charge on any atom is 0.251 e. The van der Waals surface area contributed by atoms with Crippen LogP contribution in [0.25, 0.3) is 0 Å². The number of rotatable bonds is 5. The Balaban J connectivity index is 1.64. The zero-order valence-electron chi connectivity index (χ0n) is 15.3. The van der Waals surface area contributed by atoms with E-state index < -0.39 is 5.91 Å². The number of nitrogens with one attached hydrogen (secondary N) is 1. The molecule has 0 unspecified atom stereocenters. The van der Waals surface area contributed by atoms with E-state index in [9.17, 15) is 9.59 Å².